The standard InChI is InChI=1S/C28H28N4OS/c1-17-8-9-18(2)25(15-17)31-19(3)16-23(20(31)4)27-26(24-7-5-6-14-29-24)30-28(34)32(27)21-10-12-22(33)13-11-21/h5-16,26-27,33H,1-4H3,(H,30,34)/t26-,27+/m1/s1. The fraction of sp³-hybridized carbons (Fsp3) is 0.214. The molecule has 1 aliphatic heterocycles. The van der Waals surface area contributed by atoms with E-state index in [1.165, 1.54) is 33.8 Å². The molecule has 0 spiro atoms. The van der Waals surface area contributed by atoms with Gasteiger partial charge in [-0.15, -0.1) is 0 Å². The lowest BCUT2D eigenvalue weighted by Gasteiger charge is -2.28. The molecule has 5 rings (SSSR count). The van der Waals surface area contributed by atoms with Gasteiger partial charge in [-0.3, -0.25) is 4.98 Å². The molecule has 1 aliphatic rings. The molecule has 3 heterocycles. The smallest absolute Gasteiger partial charge is 0.174 e. The van der Waals surface area contributed by atoms with Gasteiger partial charge in [0.15, 0.2) is 5.11 Å². The third-order valence-corrected chi connectivity index (χ3v) is 6.93. The van der Waals surface area contributed by atoms with E-state index >= 15 is 0 Å². The number of aromatic nitrogens is 2. The van der Waals surface area contributed by atoms with E-state index in [0.29, 0.717) is 5.11 Å². The quantitative estimate of drug-likeness (QED) is 0.361. The highest BCUT2D eigenvalue weighted by molar-refractivity contribution is 7.80. The number of anilines is 1. The summed E-state index contributed by atoms with van der Waals surface area (Å²) in [7, 11) is 0. The Bertz CT molecular complexity index is 1360. The molecule has 0 amide bonds. The van der Waals surface area contributed by atoms with Gasteiger partial charge in [-0.25, -0.2) is 0 Å². The second-order valence-electron chi connectivity index (χ2n) is 8.96. The summed E-state index contributed by atoms with van der Waals surface area (Å²) in [5.74, 6) is 0.229. The average Bonchev–Trinajstić information content (AvgIpc) is 3.32. The number of aromatic hydroxyl groups is 1. The number of aryl methyl sites for hydroxylation is 3. The first-order valence-corrected chi connectivity index (χ1v) is 11.8. The van der Waals surface area contributed by atoms with E-state index in [-0.39, 0.29) is 17.8 Å². The van der Waals surface area contributed by atoms with Crippen LogP contribution in [0.2, 0.25) is 0 Å². The fourth-order valence-electron chi connectivity index (χ4n) is 4.98. The Kier molecular flexibility index (Phi) is 5.62. The maximum Gasteiger partial charge on any atom is 0.174 e. The Morgan fingerprint density at radius 3 is 2.41 bits per heavy atom. The van der Waals surface area contributed by atoms with Gasteiger partial charge in [0.25, 0.3) is 0 Å². The minimum Gasteiger partial charge on any atom is -0.508 e. The van der Waals surface area contributed by atoms with Crippen LogP contribution in [0.4, 0.5) is 5.69 Å². The lowest BCUT2D eigenvalue weighted by Crippen LogP contribution is -2.29. The number of phenols is 1. The number of hydrogen-bond acceptors (Lipinski definition) is 3. The predicted molar refractivity (Wildman–Crippen MR) is 141 cm³/mol. The molecule has 0 radical (unpaired) electrons. The summed E-state index contributed by atoms with van der Waals surface area (Å²) in [6.45, 7) is 8.61. The van der Waals surface area contributed by atoms with Crippen LogP contribution in [0.5, 0.6) is 5.75 Å². The van der Waals surface area contributed by atoms with E-state index in [2.05, 4.69) is 71.7 Å². The largest absolute Gasteiger partial charge is 0.508 e. The van der Waals surface area contributed by atoms with Crippen LogP contribution >= 0.6 is 12.2 Å². The van der Waals surface area contributed by atoms with Gasteiger partial charge in [0.05, 0.1) is 17.8 Å². The number of phenolic OH excluding ortho intramolecular Hbond substituents is 1. The topological polar surface area (TPSA) is 53.3 Å². The van der Waals surface area contributed by atoms with Gasteiger partial charge in [-0.2, -0.15) is 0 Å². The molecular formula is C28H28N4OS. The molecule has 172 valence electrons. The minimum atomic E-state index is -0.116. The highest BCUT2D eigenvalue weighted by atomic mass is 32.1. The molecule has 6 heteroatoms. The van der Waals surface area contributed by atoms with Gasteiger partial charge in [-0.05, 0) is 105 Å². The molecule has 2 aromatic heterocycles. The van der Waals surface area contributed by atoms with Crippen LogP contribution in [-0.4, -0.2) is 19.8 Å². The maximum absolute atomic E-state index is 9.86. The van der Waals surface area contributed by atoms with Crippen molar-refractivity contribution in [3.63, 3.8) is 0 Å². The molecule has 4 aromatic rings. The number of rotatable bonds is 4. The second kappa shape index (κ2) is 8.61. The predicted octanol–water partition coefficient (Wildman–Crippen LogP) is 5.99. The molecule has 0 aliphatic carbocycles. The number of nitrogens with zero attached hydrogens (tertiary/aromatic N) is 3. The lowest BCUT2D eigenvalue weighted by molar-refractivity contribution is 0.475. The van der Waals surface area contributed by atoms with Crippen molar-refractivity contribution in [2.45, 2.75) is 39.8 Å². The van der Waals surface area contributed by atoms with E-state index in [4.69, 9.17) is 12.2 Å². The number of thiocarbonyl (C=S) groups is 1. The Labute approximate surface area is 205 Å². The second-order valence-corrected chi connectivity index (χ2v) is 9.35. The van der Waals surface area contributed by atoms with Crippen LogP contribution < -0.4 is 10.2 Å². The van der Waals surface area contributed by atoms with Crippen molar-refractivity contribution in [2.24, 2.45) is 0 Å². The number of hydrogen-bond donors (Lipinski definition) is 2. The zero-order chi connectivity index (χ0) is 24.0. The van der Waals surface area contributed by atoms with Crippen LogP contribution in [0.3, 0.4) is 0 Å². The molecule has 0 saturated carbocycles. The maximum atomic E-state index is 9.86. The van der Waals surface area contributed by atoms with E-state index in [0.717, 1.165) is 11.4 Å². The van der Waals surface area contributed by atoms with Gasteiger partial charge < -0.3 is 19.9 Å². The SMILES string of the molecule is Cc1ccc(C)c(-n2c(C)cc([C@H]3[C@@H](c4ccccn4)NC(=S)N3c3ccc(O)cc3)c2C)c1. The molecule has 0 unspecified atom stereocenters. The van der Waals surface area contributed by atoms with Crippen LogP contribution in [0.15, 0.2) is 72.9 Å². The molecule has 1 fully saturated rings. The zero-order valence-electron chi connectivity index (χ0n) is 19.8. The zero-order valence-corrected chi connectivity index (χ0v) is 20.6. The summed E-state index contributed by atoms with van der Waals surface area (Å²) in [5.41, 5.74) is 9.06. The van der Waals surface area contributed by atoms with E-state index in [1.807, 2.05) is 36.5 Å². The summed E-state index contributed by atoms with van der Waals surface area (Å²) in [5, 5.41) is 14.0. The van der Waals surface area contributed by atoms with Crippen molar-refractivity contribution in [3.05, 3.63) is 107 Å². The Hall–Kier alpha value is -3.64. The first-order chi connectivity index (χ1) is 16.3. The summed E-state index contributed by atoms with van der Waals surface area (Å²) in [6.07, 6.45) is 1.82. The van der Waals surface area contributed by atoms with Gasteiger partial charge >= 0.3 is 0 Å². The third kappa shape index (κ3) is 3.74. The minimum absolute atomic E-state index is 0.1000. The Morgan fingerprint density at radius 2 is 1.71 bits per heavy atom. The third-order valence-electron chi connectivity index (χ3n) is 6.62. The van der Waals surface area contributed by atoms with E-state index in [9.17, 15) is 5.11 Å². The molecule has 34 heavy (non-hydrogen) atoms. The van der Waals surface area contributed by atoms with Crippen molar-refractivity contribution in [1.29, 1.82) is 0 Å². The van der Waals surface area contributed by atoms with Crippen molar-refractivity contribution < 1.29 is 5.11 Å². The van der Waals surface area contributed by atoms with Gasteiger partial charge in [0.1, 0.15) is 5.75 Å². The van der Waals surface area contributed by atoms with Crippen LogP contribution in [0, 0.1) is 27.7 Å². The molecule has 0 bridgehead atoms. The molecule has 2 N–H and O–H groups in total. The van der Waals surface area contributed by atoms with Crippen molar-refractivity contribution >= 4 is 23.0 Å². The summed E-state index contributed by atoms with van der Waals surface area (Å²) in [4.78, 5) is 6.80. The van der Waals surface area contributed by atoms with E-state index < -0.39 is 0 Å². The van der Waals surface area contributed by atoms with Crippen molar-refractivity contribution in [1.82, 2.24) is 14.9 Å². The Morgan fingerprint density at radius 1 is 0.941 bits per heavy atom. The van der Waals surface area contributed by atoms with Gasteiger partial charge in [-0.1, -0.05) is 18.2 Å². The van der Waals surface area contributed by atoms with Gasteiger partial charge in [0, 0.05) is 29.0 Å². The Balaban J connectivity index is 1.70. The average molecular weight is 469 g/mol. The van der Waals surface area contributed by atoms with Crippen LogP contribution in [-0.2, 0) is 0 Å². The molecule has 2 atom stereocenters. The number of pyridine rings is 1. The molecule has 5 nitrogen and oxygen atoms in total. The van der Waals surface area contributed by atoms with E-state index in [1.54, 1.807) is 12.1 Å². The first kappa shape index (κ1) is 22.2. The van der Waals surface area contributed by atoms with Crippen LogP contribution in [0.1, 0.15) is 45.9 Å². The van der Waals surface area contributed by atoms with Gasteiger partial charge in [0.2, 0.25) is 0 Å². The normalized spacial score (nSPS) is 17.8. The molecular weight excluding hydrogens is 440 g/mol. The highest BCUT2D eigenvalue weighted by Crippen LogP contribution is 2.44. The first-order valence-electron chi connectivity index (χ1n) is 11.4. The monoisotopic (exact) mass is 468 g/mol. The highest BCUT2D eigenvalue weighted by Gasteiger charge is 2.42. The summed E-state index contributed by atoms with van der Waals surface area (Å²) in [6, 6.07) is 21.8. The number of nitrogens with one attached hydrogen (secondary N) is 1. The van der Waals surface area contributed by atoms with Crippen molar-refractivity contribution in [3.8, 4) is 11.4 Å². The number of benzene rings is 2. The molecule has 1 saturated heterocycles. The summed E-state index contributed by atoms with van der Waals surface area (Å²) < 4.78 is 2.34. The molecule has 2 aromatic carbocycles. The summed E-state index contributed by atoms with van der Waals surface area (Å²) >= 11 is 5.84. The lowest BCUT2D eigenvalue weighted by atomic mass is 9.96. The fourth-order valence-corrected chi connectivity index (χ4v) is 5.33. The van der Waals surface area contributed by atoms with Crippen molar-refractivity contribution in [2.75, 3.05) is 4.90 Å². The van der Waals surface area contributed by atoms with Crippen LogP contribution in [0.25, 0.3) is 5.69 Å².